The lowest BCUT2D eigenvalue weighted by Crippen LogP contribution is -2.40. The van der Waals surface area contributed by atoms with Gasteiger partial charge in [-0.15, -0.1) is 0 Å². The highest BCUT2D eigenvalue weighted by molar-refractivity contribution is 6.05. The Morgan fingerprint density at radius 2 is 1.61 bits per heavy atom. The number of ether oxygens (including phenoxy) is 3. The Kier molecular flexibility index (Phi) is 8.40. The maximum Gasteiger partial charge on any atom is 0.260 e. The summed E-state index contributed by atoms with van der Waals surface area (Å²) in [5.41, 5.74) is 1.05. The van der Waals surface area contributed by atoms with E-state index in [1.807, 2.05) is 12.1 Å². The van der Waals surface area contributed by atoms with Crippen molar-refractivity contribution in [3.05, 3.63) is 83.2 Å². The Morgan fingerprint density at radius 3 is 2.24 bits per heavy atom. The average molecular weight is 529 g/mol. The van der Waals surface area contributed by atoms with E-state index in [0.29, 0.717) is 18.8 Å². The second-order valence-electron chi connectivity index (χ2n) is 8.74. The number of para-hydroxylation sites is 1. The molecule has 200 valence electrons. The van der Waals surface area contributed by atoms with E-state index in [1.54, 1.807) is 29.2 Å². The van der Waals surface area contributed by atoms with E-state index >= 15 is 0 Å². The Hall–Kier alpha value is -4.21. The van der Waals surface area contributed by atoms with E-state index in [0.717, 1.165) is 31.6 Å². The molecular weight excluding hydrogens is 501 g/mol. The van der Waals surface area contributed by atoms with Gasteiger partial charge in [-0.1, -0.05) is 24.3 Å². The van der Waals surface area contributed by atoms with Crippen LogP contribution in [0.4, 0.5) is 18.9 Å². The van der Waals surface area contributed by atoms with E-state index in [2.05, 4.69) is 5.32 Å². The molecule has 0 unspecified atom stereocenters. The monoisotopic (exact) mass is 528 g/mol. The van der Waals surface area contributed by atoms with Crippen LogP contribution in [0, 0.1) is 17.5 Å². The minimum atomic E-state index is -1.12. The number of carbonyl (C=O) groups excluding carboxylic acids is 2. The van der Waals surface area contributed by atoms with Crippen molar-refractivity contribution < 1.29 is 37.0 Å². The van der Waals surface area contributed by atoms with Crippen LogP contribution in [0.5, 0.6) is 17.2 Å². The first kappa shape index (κ1) is 26.8. The summed E-state index contributed by atoms with van der Waals surface area (Å²) in [6.45, 7) is 0.846. The normalized spacial score (nSPS) is 13.7. The molecule has 1 aliphatic heterocycles. The molecule has 3 aromatic carbocycles. The number of halogens is 3. The molecule has 7 nitrogen and oxygen atoms in total. The molecule has 0 aliphatic carbocycles. The quantitative estimate of drug-likeness (QED) is 0.437. The lowest BCUT2D eigenvalue weighted by atomic mass is 9.89. The van der Waals surface area contributed by atoms with E-state index < -0.39 is 34.7 Å². The molecule has 3 aromatic rings. The van der Waals surface area contributed by atoms with Gasteiger partial charge in [-0.05, 0) is 54.7 Å². The molecule has 1 fully saturated rings. The molecule has 0 aromatic heterocycles. The zero-order chi connectivity index (χ0) is 27.2. The molecule has 0 radical (unpaired) electrons. The third kappa shape index (κ3) is 5.85. The molecule has 0 spiro atoms. The van der Waals surface area contributed by atoms with Crippen LogP contribution in [-0.2, 0) is 4.79 Å². The number of rotatable bonds is 8. The number of hydrogen-bond acceptors (Lipinski definition) is 5. The standard InChI is InChI=1S/C28H27F3N2O5/c1-36-23-15-20(25(30)27(37-2)26(23)31)28(35)32-19-9-7-17(8-10-19)18-11-13-33(14-12-18)24(34)16-38-22-6-4-3-5-21(22)29/h3-10,15,18H,11-14,16H2,1-2H3,(H,32,35). The molecule has 0 bridgehead atoms. The highest BCUT2D eigenvalue weighted by atomic mass is 19.1. The number of carbonyl (C=O) groups is 2. The van der Waals surface area contributed by atoms with Crippen molar-refractivity contribution in [3.63, 3.8) is 0 Å². The second kappa shape index (κ2) is 11.9. The SMILES string of the molecule is COc1cc(C(=O)Nc2ccc(C3CCN(C(=O)COc4ccccc4F)CC3)cc2)c(F)c(OC)c1F. The first-order chi connectivity index (χ1) is 18.3. The summed E-state index contributed by atoms with van der Waals surface area (Å²) < 4.78 is 57.4. The van der Waals surface area contributed by atoms with Gasteiger partial charge in [0.05, 0.1) is 19.8 Å². The number of amides is 2. The van der Waals surface area contributed by atoms with Gasteiger partial charge >= 0.3 is 0 Å². The second-order valence-corrected chi connectivity index (χ2v) is 8.74. The molecule has 1 heterocycles. The van der Waals surface area contributed by atoms with Gasteiger partial charge in [-0.25, -0.2) is 8.78 Å². The first-order valence-corrected chi connectivity index (χ1v) is 12.0. The molecule has 1 saturated heterocycles. The van der Waals surface area contributed by atoms with Gasteiger partial charge in [0.1, 0.15) is 0 Å². The summed E-state index contributed by atoms with van der Waals surface area (Å²) in [5.74, 6) is -4.41. The highest BCUT2D eigenvalue weighted by Gasteiger charge is 2.26. The Morgan fingerprint density at radius 1 is 0.921 bits per heavy atom. The van der Waals surface area contributed by atoms with Crippen LogP contribution in [-0.4, -0.2) is 50.6 Å². The minimum absolute atomic E-state index is 0.0448. The van der Waals surface area contributed by atoms with Crippen molar-refractivity contribution in [1.82, 2.24) is 4.90 Å². The molecular formula is C28H27F3N2O5. The van der Waals surface area contributed by atoms with Crippen molar-refractivity contribution in [3.8, 4) is 17.2 Å². The van der Waals surface area contributed by atoms with Crippen molar-refractivity contribution in [2.75, 3.05) is 39.2 Å². The van der Waals surface area contributed by atoms with Crippen LogP contribution in [0.3, 0.4) is 0 Å². The number of hydrogen-bond donors (Lipinski definition) is 1. The summed E-state index contributed by atoms with van der Waals surface area (Å²) in [7, 11) is 2.30. The van der Waals surface area contributed by atoms with Gasteiger partial charge in [0, 0.05) is 18.8 Å². The van der Waals surface area contributed by atoms with Crippen LogP contribution in [0.25, 0.3) is 0 Å². The van der Waals surface area contributed by atoms with E-state index in [1.165, 1.54) is 19.2 Å². The number of benzene rings is 3. The fraction of sp³-hybridized carbons (Fsp3) is 0.286. The van der Waals surface area contributed by atoms with E-state index in [-0.39, 0.29) is 29.9 Å². The Balaban J connectivity index is 1.32. The predicted octanol–water partition coefficient (Wildman–Crippen LogP) is 5.16. The summed E-state index contributed by atoms with van der Waals surface area (Å²) in [5, 5.41) is 2.60. The lowest BCUT2D eigenvalue weighted by molar-refractivity contribution is -0.134. The number of likely N-dealkylation sites (tertiary alicyclic amines) is 1. The van der Waals surface area contributed by atoms with Gasteiger partial charge in [0.25, 0.3) is 11.8 Å². The van der Waals surface area contributed by atoms with Crippen LogP contribution in [0.2, 0.25) is 0 Å². The third-order valence-corrected chi connectivity index (χ3v) is 6.47. The fourth-order valence-corrected chi connectivity index (χ4v) is 4.37. The largest absolute Gasteiger partial charge is 0.494 e. The molecule has 4 rings (SSSR count). The number of piperidine rings is 1. The van der Waals surface area contributed by atoms with E-state index in [4.69, 9.17) is 14.2 Å². The summed E-state index contributed by atoms with van der Waals surface area (Å²) in [6.07, 6.45) is 1.47. The van der Waals surface area contributed by atoms with Crippen molar-refractivity contribution in [2.24, 2.45) is 0 Å². The van der Waals surface area contributed by atoms with Crippen LogP contribution >= 0.6 is 0 Å². The average Bonchev–Trinajstić information content (AvgIpc) is 2.93. The lowest BCUT2D eigenvalue weighted by Gasteiger charge is -2.32. The van der Waals surface area contributed by atoms with Crippen LogP contribution in [0.1, 0.15) is 34.7 Å². The fourth-order valence-electron chi connectivity index (χ4n) is 4.37. The van der Waals surface area contributed by atoms with Gasteiger partial charge in [-0.3, -0.25) is 9.59 Å². The molecule has 1 aliphatic rings. The molecule has 0 atom stereocenters. The van der Waals surface area contributed by atoms with E-state index in [9.17, 15) is 22.8 Å². The number of nitrogens with one attached hydrogen (secondary N) is 1. The number of nitrogens with zero attached hydrogens (tertiary/aromatic N) is 1. The first-order valence-electron chi connectivity index (χ1n) is 12.0. The summed E-state index contributed by atoms with van der Waals surface area (Å²) >= 11 is 0. The molecule has 2 amide bonds. The van der Waals surface area contributed by atoms with Crippen LogP contribution < -0.4 is 19.5 Å². The molecule has 38 heavy (non-hydrogen) atoms. The van der Waals surface area contributed by atoms with Gasteiger partial charge in [0.2, 0.25) is 5.82 Å². The summed E-state index contributed by atoms with van der Waals surface area (Å²) in [4.78, 5) is 26.9. The van der Waals surface area contributed by atoms with Crippen molar-refractivity contribution >= 4 is 17.5 Å². The van der Waals surface area contributed by atoms with Crippen molar-refractivity contribution in [2.45, 2.75) is 18.8 Å². The number of methoxy groups -OCH3 is 2. The summed E-state index contributed by atoms with van der Waals surface area (Å²) in [6, 6.07) is 14.0. The molecule has 1 N–H and O–H groups in total. The van der Waals surface area contributed by atoms with Gasteiger partial charge in [0.15, 0.2) is 35.5 Å². The molecule has 0 saturated carbocycles. The molecule has 10 heteroatoms. The van der Waals surface area contributed by atoms with Gasteiger partial charge < -0.3 is 24.4 Å². The van der Waals surface area contributed by atoms with Crippen molar-refractivity contribution in [1.29, 1.82) is 0 Å². The number of anilines is 1. The topological polar surface area (TPSA) is 77.1 Å². The maximum absolute atomic E-state index is 14.6. The van der Waals surface area contributed by atoms with Gasteiger partial charge in [-0.2, -0.15) is 4.39 Å². The smallest absolute Gasteiger partial charge is 0.260 e. The predicted molar refractivity (Wildman–Crippen MR) is 134 cm³/mol. The van der Waals surface area contributed by atoms with Crippen LogP contribution in [0.15, 0.2) is 54.6 Å². The Labute approximate surface area is 218 Å². The zero-order valence-electron chi connectivity index (χ0n) is 20.9. The zero-order valence-corrected chi connectivity index (χ0v) is 20.9. The minimum Gasteiger partial charge on any atom is -0.494 e. The third-order valence-electron chi connectivity index (χ3n) is 6.47. The Bertz CT molecular complexity index is 1310. The highest BCUT2D eigenvalue weighted by Crippen LogP contribution is 2.33. The maximum atomic E-state index is 14.6.